The van der Waals surface area contributed by atoms with Crippen LogP contribution >= 0.6 is 0 Å². The van der Waals surface area contributed by atoms with Crippen molar-refractivity contribution in [2.45, 2.75) is 108 Å². The third-order valence-electron chi connectivity index (χ3n) is 11.0. The van der Waals surface area contributed by atoms with Crippen LogP contribution in [0.3, 0.4) is 0 Å². The Morgan fingerprint density at radius 1 is 1.17 bits per heavy atom. The molecule has 5 aliphatic rings. The van der Waals surface area contributed by atoms with Gasteiger partial charge in [-0.25, -0.2) is 0 Å². The van der Waals surface area contributed by atoms with E-state index in [1.165, 1.54) is 57.8 Å². The number of tetrazole rings is 1. The van der Waals surface area contributed by atoms with E-state index in [2.05, 4.69) is 52.2 Å². The van der Waals surface area contributed by atoms with Crippen LogP contribution in [0.4, 0.5) is 0 Å². The molecule has 9 atom stereocenters. The number of rotatable bonds is 7. The summed E-state index contributed by atoms with van der Waals surface area (Å²) < 4.78 is 0. The Morgan fingerprint density at radius 3 is 2.49 bits per heavy atom. The Bertz CT molecular complexity index is 929. The van der Waals surface area contributed by atoms with Crippen molar-refractivity contribution in [3.63, 3.8) is 0 Å². The predicted molar refractivity (Wildman–Crippen MR) is 135 cm³/mol. The Balaban J connectivity index is 1.23. The summed E-state index contributed by atoms with van der Waals surface area (Å²) in [6, 6.07) is 3.38. The minimum absolute atomic E-state index is 0.000757. The zero-order valence-electron chi connectivity index (χ0n) is 21.6. The predicted octanol–water partition coefficient (Wildman–Crippen LogP) is 4.57. The molecule has 35 heavy (non-hydrogen) atoms. The van der Waals surface area contributed by atoms with Gasteiger partial charge < -0.3 is 10.2 Å². The van der Waals surface area contributed by atoms with Crippen molar-refractivity contribution in [3.8, 4) is 6.07 Å². The largest absolute Gasteiger partial charge is 0.355 e. The van der Waals surface area contributed by atoms with Gasteiger partial charge in [-0.3, -0.25) is 0 Å². The molecule has 0 amide bonds. The fourth-order valence-corrected chi connectivity index (χ4v) is 9.51. The lowest BCUT2D eigenvalue weighted by Crippen LogP contribution is -2.57. The summed E-state index contributed by atoms with van der Waals surface area (Å²) in [4.78, 5) is 2.33. The third-order valence-corrected chi connectivity index (χ3v) is 11.0. The molecular weight excluding hydrogens is 434 g/mol. The number of H-pyrrole nitrogens is 1. The molecule has 0 bridgehead atoms. The van der Waals surface area contributed by atoms with Crippen LogP contribution in [-0.4, -0.2) is 50.2 Å². The number of fused-ring (bicyclic) bond motifs is 3. The van der Waals surface area contributed by atoms with Crippen LogP contribution in [0.15, 0.2) is 12.3 Å². The van der Waals surface area contributed by atoms with Gasteiger partial charge in [0.15, 0.2) is 5.82 Å². The summed E-state index contributed by atoms with van der Waals surface area (Å²) in [6.07, 6.45) is 14.3. The number of aromatic nitrogens is 4. The lowest BCUT2D eigenvalue weighted by Gasteiger charge is -2.58. The van der Waals surface area contributed by atoms with E-state index in [4.69, 9.17) is 5.10 Å². The molecule has 7 nitrogen and oxygen atoms in total. The molecule has 5 unspecified atom stereocenters. The highest BCUT2D eigenvalue weighted by atomic mass is 15.5. The Morgan fingerprint density at radius 2 is 1.86 bits per heavy atom. The summed E-state index contributed by atoms with van der Waals surface area (Å²) in [5.74, 6) is 5.30. The molecule has 2 heterocycles. The van der Waals surface area contributed by atoms with Gasteiger partial charge in [-0.1, -0.05) is 57.2 Å². The van der Waals surface area contributed by atoms with Gasteiger partial charge in [-0.05, 0) is 74.5 Å². The van der Waals surface area contributed by atoms with E-state index in [9.17, 15) is 5.26 Å². The summed E-state index contributed by atoms with van der Waals surface area (Å²) >= 11 is 0. The van der Waals surface area contributed by atoms with Crippen molar-refractivity contribution < 1.29 is 0 Å². The number of nitriles is 1. The molecule has 2 N–H and O–H groups in total. The van der Waals surface area contributed by atoms with Gasteiger partial charge in [0.2, 0.25) is 0 Å². The first-order valence-corrected chi connectivity index (χ1v) is 14.4. The van der Waals surface area contributed by atoms with Gasteiger partial charge in [-0.15, -0.1) is 10.2 Å². The van der Waals surface area contributed by atoms with E-state index in [1.54, 1.807) is 0 Å². The molecule has 1 aliphatic heterocycles. The van der Waals surface area contributed by atoms with Gasteiger partial charge in [0.25, 0.3) is 0 Å². The van der Waals surface area contributed by atoms with Crippen molar-refractivity contribution in [1.82, 2.24) is 30.8 Å². The van der Waals surface area contributed by atoms with Crippen LogP contribution in [0.1, 0.15) is 90.3 Å². The molecule has 6 rings (SSSR count). The Hall–Kier alpha value is -1.94. The van der Waals surface area contributed by atoms with Crippen molar-refractivity contribution in [3.05, 3.63) is 18.1 Å². The van der Waals surface area contributed by atoms with E-state index in [0.29, 0.717) is 35.8 Å². The maximum atomic E-state index is 9.69. The lowest BCUT2D eigenvalue weighted by atomic mass is 9.46. The maximum Gasteiger partial charge on any atom is 0.181 e. The number of nitrogens with one attached hydrogen (secondary N) is 2. The second kappa shape index (κ2) is 9.18. The number of nitrogens with zero attached hydrogens (tertiary/aromatic N) is 5. The SMILES string of the molecule is C=C(CN[C@H](C)CC1(c2nn[nH]n2)C2CCCCC2CC2CCCCC21)N1C(C#N)C[C@@H]2[C@H](C)[C@@H]21. The Kier molecular flexibility index (Phi) is 6.15. The van der Waals surface area contributed by atoms with E-state index < -0.39 is 0 Å². The van der Waals surface area contributed by atoms with Crippen LogP contribution in [0.2, 0.25) is 0 Å². The number of piperidine rings is 1. The van der Waals surface area contributed by atoms with Crippen LogP contribution in [0, 0.1) is 46.8 Å². The highest BCUT2D eigenvalue weighted by molar-refractivity contribution is 5.23. The van der Waals surface area contributed by atoms with Gasteiger partial charge in [0.1, 0.15) is 6.04 Å². The van der Waals surface area contributed by atoms with Gasteiger partial charge in [0, 0.05) is 29.7 Å². The lowest BCUT2D eigenvalue weighted by molar-refractivity contribution is -0.0517. The molecule has 1 aromatic heterocycles. The fraction of sp³-hybridized carbons (Fsp3) is 0.857. The molecular formula is C28H43N7. The van der Waals surface area contributed by atoms with Crippen LogP contribution in [0.25, 0.3) is 0 Å². The van der Waals surface area contributed by atoms with Crippen molar-refractivity contribution in [1.29, 1.82) is 5.26 Å². The van der Waals surface area contributed by atoms with E-state index >= 15 is 0 Å². The van der Waals surface area contributed by atoms with Crippen LogP contribution in [-0.2, 0) is 5.41 Å². The highest BCUT2D eigenvalue weighted by Gasteiger charge is 2.60. The maximum absolute atomic E-state index is 9.69. The first-order valence-electron chi connectivity index (χ1n) is 14.4. The van der Waals surface area contributed by atoms with Crippen molar-refractivity contribution in [2.75, 3.05) is 6.54 Å². The number of hydrogen-bond donors (Lipinski definition) is 2. The molecule has 7 heteroatoms. The first kappa shape index (κ1) is 23.5. The number of aromatic amines is 1. The summed E-state index contributed by atoms with van der Waals surface area (Å²) in [7, 11) is 0. The third kappa shape index (κ3) is 3.82. The second-order valence-electron chi connectivity index (χ2n) is 12.7. The zero-order chi connectivity index (χ0) is 24.2. The fourth-order valence-electron chi connectivity index (χ4n) is 9.51. The molecule has 4 saturated carbocycles. The zero-order valence-corrected chi connectivity index (χ0v) is 21.6. The normalized spacial score (nSPS) is 42.9. The summed E-state index contributed by atoms with van der Waals surface area (Å²) in [6.45, 7) is 9.84. The quantitative estimate of drug-likeness (QED) is 0.598. The van der Waals surface area contributed by atoms with Gasteiger partial charge >= 0.3 is 0 Å². The minimum atomic E-state index is 0.000757. The molecule has 0 radical (unpaired) electrons. The molecule has 4 aliphatic carbocycles. The molecule has 0 aromatic carbocycles. The molecule has 190 valence electrons. The van der Waals surface area contributed by atoms with Crippen LogP contribution in [0.5, 0.6) is 0 Å². The molecule has 5 fully saturated rings. The van der Waals surface area contributed by atoms with Crippen LogP contribution < -0.4 is 5.32 Å². The smallest absolute Gasteiger partial charge is 0.181 e. The molecule has 1 saturated heterocycles. The molecule has 1 aromatic rings. The average Bonchev–Trinajstić information content (AvgIpc) is 3.28. The minimum Gasteiger partial charge on any atom is -0.355 e. The van der Waals surface area contributed by atoms with Gasteiger partial charge in [0.05, 0.1) is 6.07 Å². The highest BCUT2D eigenvalue weighted by Crippen LogP contribution is 2.61. The topological polar surface area (TPSA) is 93.5 Å². The number of likely N-dealkylation sites (tertiary alicyclic amines) is 1. The van der Waals surface area contributed by atoms with E-state index in [0.717, 1.165) is 42.7 Å². The standard InChI is InChI=1S/C28H43N7/c1-17(30-16-18(2)35-22(15-29)13-23-19(3)26(23)35)14-28(27-31-33-34-32-27)24-10-6-4-8-20(24)12-21-9-5-7-11-25(21)28/h17,19-26,30H,2,4-14,16H2,1,3H3,(H,31,32,33,34)/t17-,19+,20?,21?,22?,23-,24?,25?,26+,28?/m1/s1. The molecule has 0 spiro atoms. The Labute approximate surface area is 210 Å². The summed E-state index contributed by atoms with van der Waals surface area (Å²) in [5, 5.41) is 29.9. The van der Waals surface area contributed by atoms with E-state index in [-0.39, 0.29) is 11.5 Å². The van der Waals surface area contributed by atoms with E-state index in [1.807, 2.05) is 0 Å². The van der Waals surface area contributed by atoms with Crippen molar-refractivity contribution >= 4 is 0 Å². The second-order valence-corrected chi connectivity index (χ2v) is 12.7. The average molecular weight is 478 g/mol. The first-order chi connectivity index (χ1) is 17.0. The monoisotopic (exact) mass is 477 g/mol. The number of hydrogen-bond acceptors (Lipinski definition) is 6. The van der Waals surface area contributed by atoms with Crippen molar-refractivity contribution in [2.24, 2.45) is 35.5 Å². The summed E-state index contributed by atoms with van der Waals surface area (Å²) in [5.41, 5.74) is 1.09. The van der Waals surface area contributed by atoms with Gasteiger partial charge in [-0.2, -0.15) is 10.5 Å².